The second-order valence-corrected chi connectivity index (χ2v) is 6.14. The predicted octanol–water partition coefficient (Wildman–Crippen LogP) is 2.58. The Hall–Kier alpha value is -1.26. The topological polar surface area (TPSA) is 78.9 Å². The summed E-state index contributed by atoms with van der Waals surface area (Å²) in [7, 11) is 0. The molecule has 0 saturated heterocycles. The third-order valence-electron chi connectivity index (χ3n) is 4.17. The summed E-state index contributed by atoms with van der Waals surface area (Å²) in [6.07, 6.45) is 6.11. The summed E-state index contributed by atoms with van der Waals surface area (Å²) >= 11 is 0. The SMILES string of the molecule is CCC(C(=O)N(CCC(C)C)C1CCCC1)C(N)=NO. The smallest absolute Gasteiger partial charge is 0.233 e. The molecule has 0 heterocycles. The van der Waals surface area contributed by atoms with Crippen molar-refractivity contribution in [1.29, 1.82) is 0 Å². The summed E-state index contributed by atoms with van der Waals surface area (Å²) in [6, 6.07) is 0.335. The summed E-state index contributed by atoms with van der Waals surface area (Å²) in [5.74, 6) is 0.129. The molecule has 5 heteroatoms. The van der Waals surface area contributed by atoms with Crippen LogP contribution in [0.3, 0.4) is 0 Å². The molecule has 5 nitrogen and oxygen atoms in total. The number of oxime groups is 1. The quantitative estimate of drug-likeness (QED) is 0.326. The van der Waals surface area contributed by atoms with Crippen LogP contribution in [0.15, 0.2) is 5.16 Å². The van der Waals surface area contributed by atoms with Crippen LogP contribution in [0.4, 0.5) is 0 Å². The highest BCUT2D eigenvalue weighted by Crippen LogP contribution is 2.26. The zero-order valence-electron chi connectivity index (χ0n) is 13.0. The molecule has 1 amide bonds. The van der Waals surface area contributed by atoms with Crippen molar-refractivity contribution in [1.82, 2.24) is 4.90 Å². The molecule has 1 saturated carbocycles. The van der Waals surface area contributed by atoms with Gasteiger partial charge in [0.05, 0.1) is 5.92 Å². The van der Waals surface area contributed by atoms with Crippen molar-refractivity contribution in [2.75, 3.05) is 6.54 Å². The van der Waals surface area contributed by atoms with E-state index >= 15 is 0 Å². The van der Waals surface area contributed by atoms with Crippen LogP contribution < -0.4 is 5.73 Å². The molecule has 0 radical (unpaired) electrons. The highest BCUT2D eigenvalue weighted by atomic mass is 16.4. The van der Waals surface area contributed by atoms with Crippen LogP contribution in [-0.2, 0) is 4.79 Å². The molecule has 1 unspecified atom stereocenters. The number of amidine groups is 1. The second-order valence-electron chi connectivity index (χ2n) is 6.14. The lowest BCUT2D eigenvalue weighted by atomic mass is 10.0. The van der Waals surface area contributed by atoms with Gasteiger partial charge in [0.1, 0.15) is 0 Å². The molecule has 1 rings (SSSR count). The van der Waals surface area contributed by atoms with Crippen LogP contribution in [-0.4, -0.2) is 34.4 Å². The van der Waals surface area contributed by atoms with E-state index in [9.17, 15) is 4.79 Å². The van der Waals surface area contributed by atoms with E-state index in [0.29, 0.717) is 18.4 Å². The predicted molar refractivity (Wildman–Crippen MR) is 80.6 cm³/mol. The summed E-state index contributed by atoms with van der Waals surface area (Å²) in [6.45, 7) is 7.00. The first-order chi connectivity index (χ1) is 9.51. The molecule has 0 aliphatic heterocycles. The van der Waals surface area contributed by atoms with Gasteiger partial charge in [-0.15, -0.1) is 0 Å². The van der Waals surface area contributed by atoms with Crippen LogP contribution >= 0.6 is 0 Å². The van der Waals surface area contributed by atoms with Crippen molar-refractivity contribution in [2.24, 2.45) is 22.7 Å². The number of rotatable bonds is 7. The number of hydrogen-bond donors (Lipinski definition) is 2. The first-order valence-electron chi connectivity index (χ1n) is 7.79. The molecule has 1 atom stereocenters. The van der Waals surface area contributed by atoms with E-state index < -0.39 is 5.92 Å². The van der Waals surface area contributed by atoms with Gasteiger partial charge in [-0.3, -0.25) is 4.79 Å². The van der Waals surface area contributed by atoms with Gasteiger partial charge in [-0.2, -0.15) is 0 Å². The van der Waals surface area contributed by atoms with Crippen LogP contribution in [0.5, 0.6) is 0 Å². The highest BCUT2D eigenvalue weighted by Gasteiger charge is 2.32. The lowest BCUT2D eigenvalue weighted by Crippen LogP contribution is -2.46. The van der Waals surface area contributed by atoms with Gasteiger partial charge in [0.15, 0.2) is 5.84 Å². The lowest BCUT2D eigenvalue weighted by Gasteiger charge is -2.32. The summed E-state index contributed by atoms with van der Waals surface area (Å²) < 4.78 is 0. The highest BCUT2D eigenvalue weighted by molar-refractivity contribution is 6.02. The number of carbonyl (C=O) groups excluding carboxylic acids is 1. The molecule has 0 bridgehead atoms. The number of nitrogens with two attached hydrogens (primary N) is 1. The van der Waals surface area contributed by atoms with E-state index in [-0.39, 0.29) is 11.7 Å². The largest absolute Gasteiger partial charge is 0.409 e. The molecule has 1 aliphatic rings. The van der Waals surface area contributed by atoms with Crippen LogP contribution in [0.1, 0.15) is 59.3 Å². The average molecular weight is 283 g/mol. The molecular formula is C15H29N3O2. The van der Waals surface area contributed by atoms with Crippen molar-refractivity contribution < 1.29 is 10.0 Å². The average Bonchev–Trinajstić information content (AvgIpc) is 2.93. The number of carbonyl (C=O) groups is 1. The molecule has 0 aromatic rings. The molecule has 0 aromatic carbocycles. The Balaban J connectivity index is 2.81. The fourth-order valence-electron chi connectivity index (χ4n) is 2.87. The normalized spacial score (nSPS) is 18.5. The Kier molecular flexibility index (Phi) is 6.82. The van der Waals surface area contributed by atoms with Crippen molar-refractivity contribution in [3.63, 3.8) is 0 Å². The van der Waals surface area contributed by atoms with E-state index in [2.05, 4.69) is 19.0 Å². The summed E-state index contributed by atoms with van der Waals surface area (Å²) in [4.78, 5) is 14.7. The van der Waals surface area contributed by atoms with Gasteiger partial charge in [0.2, 0.25) is 5.91 Å². The Bertz CT molecular complexity index is 336. The zero-order valence-corrected chi connectivity index (χ0v) is 13.0. The molecule has 0 spiro atoms. The molecule has 3 N–H and O–H groups in total. The van der Waals surface area contributed by atoms with Gasteiger partial charge in [-0.05, 0) is 31.6 Å². The minimum atomic E-state index is -0.493. The van der Waals surface area contributed by atoms with Crippen molar-refractivity contribution >= 4 is 11.7 Å². The maximum absolute atomic E-state index is 12.7. The number of hydrogen-bond acceptors (Lipinski definition) is 3. The molecule has 1 aliphatic carbocycles. The van der Waals surface area contributed by atoms with E-state index in [4.69, 9.17) is 10.9 Å². The van der Waals surface area contributed by atoms with Crippen molar-refractivity contribution in [2.45, 2.75) is 65.3 Å². The van der Waals surface area contributed by atoms with E-state index in [1.54, 1.807) is 0 Å². The van der Waals surface area contributed by atoms with Crippen LogP contribution in [0.25, 0.3) is 0 Å². The fourth-order valence-corrected chi connectivity index (χ4v) is 2.87. The van der Waals surface area contributed by atoms with Gasteiger partial charge in [0, 0.05) is 12.6 Å². The lowest BCUT2D eigenvalue weighted by molar-refractivity contribution is -0.136. The Morgan fingerprint density at radius 1 is 1.40 bits per heavy atom. The first kappa shape index (κ1) is 16.8. The van der Waals surface area contributed by atoms with Crippen molar-refractivity contribution in [3.05, 3.63) is 0 Å². The number of amides is 1. The fraction of sp³-hybridized carbons (Fsp3) is 0.867. The second kappa shape index (κ2) is 8.12. The third-order valence-corrected chi connectivity index (χ3v) is 4.17. The molecule has 1 fully saturated rings. The van der Waals surface area contributed by atoms with Crippen LogP contribution in [0.2, 0.25) is 0 Å². The minimum absolute atomic E-state index is 0.0235. The van der Waals surface area contributed by atoms with Gasteiger partial charge in [-0.1, -0.05) is 38.8 Å². The summed E-state index contributed by atoms with van der Waals surface area (Å²) in [5, 5.41) is 11.9. The molecular weight excluding hydrogens is 254 g/mol. The molecule has 116 valence electrons. The van der Waals surface area contributed by atoms with E-state index in [1.807, 2.05) is 11.8 Å². The van der Waals surface area contributed by atoms with Gasteiger partial charge < -0.3 is 15.8 Å². The van der Waals surface area contributed by atoms with E-state index in [1.165, 1.54) is 12.8 Å². The number of nitrogens with zero attached hydrogens (tertiary/aromatic N) is 2. The maximum atomic E-state index is 12.7. The van der Waals surface area contributed by atoms with E-state index in [0.717, 1.165) is 25.8 Å². The maximum Gasteiger partial charge on any atom is 0.233 e. The Labute approximate surface area is 122 Å². The minimum Gasteiger partial charge on any atom is -0.409 e. The zero-order chi connectivity index (χ0) is 15.1. The molecule has 0 aromatic heterocycles. The summed E-state index contributed by atoms with van der Waals surface area (Å²) in [5.41, 5.74) is 5.67. The molecule has 20 heavy (non-hydrogen) atoms. The monoisotopic (exact) mass is 283 g/mol. The van der Waals surface area contributed by atoms with Gasteiger partial charge in [0.25, 0.3) is 0 Å². The van der Waals surface area contributed by atoms with Gasteiger partial charge in [-0.25, -0.2) is 0 Å². The van der Waals surface area contributed by atoms with Crippen LogP contribution in [0, 0.1) is 11.8 Å². The first-order valence-corrected chi connectivity index (χ1v) is 7.79. The van der Waals surface area contributed by atoms with Gasteiger partial charge >= 0.3 is 0 Å². The Morgan fingerprint density at radius 3 is 2.45 bits per heavy atom. The standard InChI is InChI=1S/C15H29N3O2/c1-4-13(14(16)17-20)15(19)18(10-9-11(2)3)12-7-5-6-8-12/h11-13,20H,4-10H2,1-3H3,(H2,16,17). The Morgan fingerprint density at radius 2 is 2.00 bits per heavy atom. The third kappa shape index (κ3) is 4.39. The van der Waals surface area contributed by atoms with Crippen molar-refractivity contribution in [3.8, 4) is 0 Å².